The van der Waals surface area contributed by atoms with Crippen LogP contribution in [0.5, 0.6) is 0 Å². The van der Waals surface area contributed by atoms with E-state index in [1.54, 1.807) is 0 Å². The molecule has 0 bridgehead atoms. The molecule has 0 aliphatic carbocycles. The molecule has 0 unspecified atom stereocenters. The number of nitrogens with two attached hydrogens (primary N) is 1. The highest BCUT2D eigenvalue weighted by Gasteiger charge is 2.35. The molecule has 0 spiro atoms. The van der Waals surface area contributed by atoms with Crippen molar-refractivity contribution in [2.75, 3.05) is 0 Å². The molecule has 5 nitrogen and oxygen atoms in total. The SMILES string of the molecule is NS(=O)(=O)c1ccc(-c2nc(C(F)(F)F)cn2Cc2cccc(C(F)(F)F)c2)cc1. The first-order chi connectivity index (χ1) is 13.7. The third-order valence-electron chi connectivity index (χ3n) is 4.12. The molecule has 2 aromatic carbocycles. The largest absolute Gasteiger partial charge is 0.434 e. The summed E-state index contributed by atoms with van der Waals surface area (Å²) in [6.07, 6.45) is -8.70. The van der Waals surface area contributed by atoms with Crippen LogP contribution < -0.4 is 5.14 Å². The van der Waals surface area contributed by atoms with E-state index in [2.05, 4.69) is 4.98 Å². The Labute approximate surface area is 166 Å². The molecule has 3 rings (SSSR count). The first-order valence-corrected chi connectivity index (χ1v) is 9.73. The van der Waals surface area contributed by atoms with Gasteiger partial charge in [0, 0.05) is 18.3 Å². The standard InChI is InChI=1S/C18H13F6N3O2S/c19-17(20,21)13-3-1-2-11(8-13)9-27-10-15(18(22,23)24)26-16(27)12-4-6-14(7-5-12)30(25,28)29/h1-8,10H,9H2,(H2,25,28,29). The van der Waals surface area contributed by atoms with E-state index in [-0.39, 0.29) is 28.4 Å². The summed E-state index contributed by atoms with van der Waals surface area (Å²) in [5, 5.41) is 5.00. The van der Waals surface area contributed by atoms with Crippen LogP contribution in [0.1, 0.15) is 16.8 Å². The van der Waals surface area contributed by atoms with Gasteiger partial charge in [0.15, 0.2) is 5.69 Å². The van der Waals surface area contributed by atoms with Gasteiger partial charge in [-0.1, -0.05) is 12.1 Å². The second-order valence-electron chi connectivity index (χ2n) is 6.34. The van der Waals surface area contributed by atoms with Crippen LogP contribution in [-0.2, 0) is 28.9 Å². The van der Waals surface area contributed by atoms with Crippen molar-refractivity contribution in [2.24, 2.45) is 5.14 Å². The minimum Gasteiger partial charge on any atom is -0.326 e. The quantitative estimate of drug-likeness (QED) is 0.604. The van der Waals surface area contributed by atoms with Crippen molar-refractivity contribution in [1.29, 1.82) is 0 Å². The summed E-state index contributed by atoms with van der Waals surface area (Å²) in [5.74, 6) is -0.194. The molecule has 0 amide bonds. The molecule has 1 aromatic heterocycles. The van der Waals surface area contributed by atoms with Crippen LogP contribution in [0, 0.1) is 0 Å². The molecule has 0 radical (unpaired) electrons. The molecule has 0 atom stereocenters. The van der Waals surface area contributed by atoms with Crippen LogP contribution in [0.4, 0.5) is 26.3 Å². The lowest BCUT2D eigenvalue weighted by molar-refractivity contribution is -0.141. The average molecular weight is 449 g/mol. The Morgan fingerprint density at radius 3 is 2.10 bits per heavy atom. The molecule has 3 aromatic rings. The Hall–Kier alpha value is -2.86. The fourth-order valence-electron chi connectivity index (χ4n) is 2.74. The number of rotatable bonds is 4. The maximum absolute atomic E-state index is 13.2. The Bertz CT molecular complexity index is 1170. The van der Waals surface area contributed by atoms with Crippen molar-refractivity contribution >= 4 is 10.0 Å². The third-order valence-corrected chi connectivity index (χ3v) is 5.04. The first-order valence-electron chi connectivity index (χ1n) is 8.19. The van der Waals surface area contributed by atoms with Gasteiger partial charge in [-0.25, -0.2) is 18.5 Å². The molecule has 1 heterocycles. The fourth-order valence-corrected chi connectivity index (χ4v) is 3.26. The molecule has 0 aliphatic rings. The topological polar surface area (TPSA) is 78.0 Å². The second kappa shape index (κ2) is 7.43. The zero-order chi connectivity index (χ0) is 22.3. The van der Waals surface area contributed by atoms with E-state index >= 15 is 0 Å². The molecule has 0 fully saturated rings. The minimum atomic E-state index is -4.78. The minimum absolute atomic E-state index is 0.110. The highest BCUT2D eigenvalue weighted by atomic mass is 32.2. The van der Waals surface area contributed by atoms with Crippen molar-refractivity contribution in [2.45, 2.75) is 23.8 Å². The summed E-state index contributed by atoms with van der Waals surface area (Å²) in [4.78, 5) is 3.29. The van der Waals surface area contributed by atoms with Gasteiger partial charge < -0.3 is 4.57 Å². The third kappa shape index (κ3) is 4.82. The molecule has 0 aliphatic heterocycles. The van der Waals surface area contributed by atoms with Gasteiger partial charge in [-0.05, 0) is 42.0 Å². The number of halogens is 6. The summed E-state index contributed by atoms with van der Waals surface area (Å²) >= 11 is 0. The summed E-state index contributed by atoms with van der Waals surface area (Å²) in [6.45, 7) is -0.320. The van der Waals surface area contributed by atoms with Gasteiger partial charge in [-0.15, -0.1) is 0 Å². The van der Waals surface area contributed by atoms with Crippen LogP contribution in [0.2, 0.25) is 0 Å². The highest BCUT2D eigenvalue weighted by Crippen LogP contribution is 2.33. The number of hydrogen-bond acceptors (Lipinski definition) is 3. The van der Waals surface area contributed by atoms with Crippen molar-refractivity contribution in [1.82, 2.24) is 9.55 Å². The fraction of sp³-hybridized carbons (Fsp3) is 0.167. The zero-order valence-electron chi connectivity index (χ0n) is 14.9. The number of imidazole rings is 1. The molecule has 0 saturated carbocycles. The molecular weight excluding hydrogens is 436 g/mol. The number of sulfonamides is 1. The number of primary sulfonamides is 1. The average Bonchev–Trinajstić information content (AvgIpc) is 3.05. The molecule has 2 N–H and O–H groups in total. The van der Waals surface area contributed by atoms with Gasteiger partial charge in [-0.3, -0.25) is 0 Å². The van der Waals surface area contributed by atoms with Crippen LogP contribution >= 0.6 is 0 Å². The van der Waals surface area contributed by atoms with E-state index in [9.17, 15) is 34.8 Å². The second-order valence-corrected chi connectivity index (χ2v) is 7.90. The number of alkyl halides is 6. The van der Waals surface area contributed by atoms with E-state index in [1.165, 1.54) is 18.2 Å². The maximum atomic E-state index is 13.2. The van der Waals surface area contributed by atoms with E-state index in [1.807, 2.05) is 0 Å². The Morgan fingerprint density at radius 1 is 0.933 bits per heavy atom. The van der Waals surface area contributed by atoms with Crippen molar-refractivity contribution in [3.05, 3.63) is 71.5 Å². The monoisotopic (exact) mass is 449 g/mol. The molecule has 30 heavy (non-hydrogen) atoms. The lowest BCUT2D eigenvalue weighted by Crippen LogP contribution is -2.11. The number of aromatic nitrogens is 2. The van der Waals surface area contributed by atoms with Gasteiger partial charge in [0.2, 0.25) is 10.0 Å². The summed E-state index contributed by atoms with van der Waals surface area (Å²) in [7, 11) is -4.01. The summed E-state index contributed by atoms with van der Waals surface area (Å²) < 4.78 is 102. The first kappa shape index (κ1) is 21.8. The Morgan fingerprint density at radius 2 is 1.57 bits per heavy atom. The highest BCUT2D eigenvalue weighted by molar-refractivity contribution is 7.89. The Balaban J connectivity index is 2.06. The number of hydrogen-bond donors (Lipinski definition) is 1. The van der Waals surface area contributed by atoms with Gasteiger partial charge >= 0.3 is 12.4 Å². The molecule has 160 valence electrons. The van der Waals surface area contributed by atoms with Gasteiger partial charge in [0.1, 0.15) is 5.82 Å². The Kier molecular flexibility index (Phi) is 5.41. The maximum Gasteiger partial charge on any atom is 0.434 e. The molecule has 12 heteroatoms. The van der Waals surface area contributed by atoms with Gasteiger partial charge in [-0.2, -0.15) is 26.3 Å². The summed E-state index contributed by atoms with van der Waals surface area (Å²) in [6, 6.07) is 8.81. The van der Waals surface area contributed by atoms with Crippen LogP contribution in [0.3, 0.4) is 0 Å². The van der Waals surface area contributed by atoms with Crippen molar-refractivity contribution < 1.29 is 34.8 Å². The smallest absolute Gasteiger partial charge is 0.326 e. The number of nitrogens with zero attached hydrogens (tertiary/aromatic N) is 2. The van der Waals surface area contributed by atoms with Crippen molar-refractivity contribution in [3.63, 3.8) is 0 Å². The lowest BCUT2D eigenvalue weighted by Gasteiger charge is -2.11. The van der Waals surface area contributed by atoms with Crippen LogP contribution in [0.15, 0.2) is 59.6 Å². The van der Waals surface area contributed by atoms with E-state index < -0.39 is 33.6 Å². The predicted octanol–water partition coefficient (Wildman–Crippen LogP) is 4.28. The van der Waals surface area contributed by atoms with E-state index in [0.717, 1.165) is 34.9 Å². The van der Waals surface area contributed by atoms with Crippen LogP contribution in [0.25, 0.3) is 11.4 Å². The summed E-state index contributed by atoms with van der Waals surface area (Å²) in [5.41, 5.74) is -1.93. The zero-order valence-corrected chi connectivity index (χ0v) is 15.7. The lowest BCUT2D eigenvalue weighted by atomic mass is 10.1. The van der Waals surface area contributed by atoms with Crippen molar-refractivity contribution in [3.8, 4) is 11.4 Å². The predicted molar refractivity (Wildman–Crippen MR) is 94.6 cm³/mol. The van der Waals surface area contributed by atoms with Crippen LogP contribution in [-0.4, -0.2) is 18.0 Å². The van der Waals surface area contributed by atoms with E-state index in [4.69, 9.17) is 5.14 Å². The number of benzene rings is 2. The normalized spacial score (nSPS) is 12.9. The van der Waals surface area contributed by atoms with Gasteiger partial charge in [0.05, 0.1) is 10.5 Å². The molecular formula is C18H13F6N3O2S. The van der Waals surface area contributed by atoms with E-state index in [0.29, 0.717) is 6.20 Å². The molecule has 0 saturated heterocycles. The van der Waals surface area contributed by atoms with Gasteiger partial charge in [0.25, 0.3) is 0 Å².